The molecule has 0 atom stereocenters. The van der Waals surface area contributed by atoms with Crippen molar-refractivity contribution in [2.45, 2.75) is 10.9 Å². The summed E-state index contributed by atoms with van der Waals surface area (Å²) in [5.41, 5.74) is 6.47. The average Bonchev–Trinajstić information content (AvgIpc) is 2.62. The number of nitrogens with one attached hydrogen (secondary N) is 1. The SMILES string of the molecule is Nc1nc(SCc2ccnc(Cl)c2)n[nH]1. The van der Waals surface area contributed by atoms with Crippen LogP contribution in [-0.4, -0.2) is 20.2 Å². The van der Waals surface area contributed by atoms with E-state index >= 15 is 0 Å². The lowest BCUT2D eigenvalue weighted by molar-refractivity contribution is 0.973. The summed E-state index contributed by atoms with van der Waals surface area (Å²) < 4.78 is 0. The highest BCUT2D eigenvalue weighted by Gasteiger charge is 2.02. The fourth-order valence-electron chi connectivity index (χ4n) is 1.00. The van der Waals surface area contributed by atoms with E-state index < -0.39 is 0 Å². The van der Waals surface area contributed by atoms with E-state index in [9.17, 15) is 0 Å². The van der Waals surface area contributed by atoms with Gasteiger partial charge in [-0.05, 0) is 17.7 Å². The Hall–Kier alpha value is -1.27. The maximum absolute atomic E-state index is 5.75. The molecule has 0 saturated carbocycles. The number of hydrogen-bond donors (Lipinski definition) is 2. The van der Waals surface area contributed by atoms with Crippen LogP contribution in [0, 0.1) is 0 Å². The van der Waals surface area contributed by atoms with Gasteiger partial charge in [-0.25, -0.2) is 10.1 Å². The fourth-order valence-corrected chi connectivity index (χ4v) is 1.95. The van der Waals surface area contributed by atoms with Crippen molar-refractivity contribution in [3.05, 3.63) is 29.0 Å². The molecule has 2 aromatic rings. The van der Waals surface area contributed by atoms with E-state index in [2.05, 4.69) is 20.2 Å². The van der Waals surface area contributed by atoms with Gasteiger partial charge in [0.1, 0.15) is 5.15 Å². The summed E-state index contributed by atoms with van der Waals surface area (Å²) in [7, 11) is 0. The number of aromatic amines is 1. The van der Waals surface area contributed by atoms with Crippen LogP contribution in [0.1, 0.15) is 5.56 Å². The van der Waals surface area contributed by atoms with Crippen molar-refractivity contribution in [3.8, 4) is 0 Å². The number of nitrogens with two attached hydrogens (primary N) is 1. The number of H-pyrrole nitrogens is 1. The lowest BCUT2D eigenvalue weighted by Crippen LogP contribution is -1.85. The Morgan fingerprint density at radius 2 is 2.40 bits per heavy atom. The lowest BCUT2D eigenvalue weighted by Gasteiger charge is -1.97. The number of nitrogens with zero attached hydrogens (tertiary/aromatic N) is 3. The normalized spacial score (nSPS) is 10.5. The minimum Gasteiger partial charge on any atom is -0.368 e. The first-order valence-corrected chi connectivity index (χ1v) is 5.51. The summed E-state index contributed by atoms with van der Waals surface area (Å²) in [6.07, 6.45) is 1.67. The second kappa shape index (κ2) is 4.50. The third-order valence-corrected chi connectivity index (χ3v) is 2.77. The van der Waals surface area contributed by atoms with E-state index in [0.29, 0.717) is 16.3 Å². The van der Waals surface area contributed by atoms with E-state index in [0.717, 1.165) is 11.3 Å². The largest absolute Gasteiger partial charge is 0.368 e. The standard InChI is InChI=1S/C8H8ClN5S/c9-6-3-5(1-2-11-6)4-15-8-12-7(10)13-14-8/h1-3H,4H2,(H3,10,12,13,14). The van der Waals surface area contributed by atoms with Crippen molar-refractivity contribution >= 4 is 29.3 Å². The van der Waals surface area contributed by atoms with Crippen molar-refractivity contribution in [2.24, 2.45) is 0 Å². The molecule has 0 spiro atoms. The monoisotopic (exact) mass is 241 g/mol. The first-order chi connectivity index (χ1) is 7.24. The van der Waals surface area contributed by atoms with Crippen LogP contribution in [0.4, 0.5) is 5.95 Å². The van der Waals surface area contributed by atoms with Crippen LogP contribution in [0.15, 0.2) is 23.5 Å². The second-order valence-electron chi connectivity index (χ2n) is 2.78. The highest BCUT2D eigenvalue weighted by molar-refractivity contribution is 7.98. The molecule has 5 nitrogen and oxygen atoms in total. The zero-order valence-corrected chi connectivity index (χ0v) is 9.22. The highest BCUT2D eigenvalue weighted by atomic mass is 35.5. The van der Waals surface area contributed by atoms with Gasteiger partial charge >= 0.3 is 0 Å². The van der Waals surface area contributed by atoms with Gasteiger partial charge < -0.3 is 5.73 Å². The number of aromatic nitrogens is 4. The first-order valence-electron chi connectivity index (χ1n) is 4.15. The summed E-state index contributed by atoms with van der Waals surface area (Å²) >= 11 is 7.24. The van der Waals surface area contributed by atoms with Crippen molar-refractivity contribution in [1.29, 1.82) is 0 Å². The Kier molecular flexibility index (Phi) is 3.08. The van der Waals surface area contributed by atoms with Crippen molar-refractivity contribution in [3.63, 3.8) is 0 Å². The van der Waals surface area contributed by atoms with Crippen LogP contribution in [-0.2, 0) is 5.75 Å². The number of anilines is 1. The molecule has 0 saturated heterocycles. The van der Waals surface area contributed by atoms with Gasteiger partial charge in [-0.2, -0.15) is 4.98 Å². The van der Waals surface area contributed by atoms with Gasteiger partial charge in [0.25, 0.3) is 0 Å². The summed E-state index contributed by atoms with van der Waals surface area (Å²) in [6.45, 7) is 0. The van der Waals surface area contributed by atoms with Crippen molar-refractivity contribution < 1.29 is 0 Å². The van der Waals surface area contributed by atoms with E-state index in [1.807, 2.05) is 12.1 Å². The quantitative estimate of drug-likeness (QED) is 0.632. The zero-order valence-electron chi connectivity index (χ0n) is 7.64. The van der Waals surface area contributed by atoms with Crippen LogP contribution in [0.2, 0.25) is 5.15 Å². The number of hydrogen-bond acceptors (Lipinski definition) is 5. The maximum atomic E-state index is 5.75. The molecule has 15 heavy (non-hydrogen) atoms. The summed E-state index contributed by atoms with van der Waals surface area (Å²) in [5, 5.41) is 7.59. The molecule has 0 aliphatic rings. The Balaban J connectivity index is 1.99. The Morgan fingerprint density at radius 1 is 1.53 bits per heavy atom. The molecule has 2 aromatic heterocycles. The topological polar surface area (TPSA) is 80.5 Å². The molecule has 0 aliphatic heterocycles. The molecule has 0 aliphatic carbocycles. The third kappa shape index (κ3) is 2.84. The second-order valence-corrected chi connectivity index (χ2v) is 4.11. The molecule has 78 valence electrons. The lowest BCUT2D eigenvalue weighted by atomic mass is 10.3. The number of halogens is 1. The van der Waals surface area contributed by atoms with Gasteiger partial charge in [-0.1, -0.05) is 23.4 Å². The molecule has 7 heteroatoms. The van der Waals surface area contributed by atoms with Crippen LogP contribution < -0.4 is 5.73 Å². The number of rotatable bonds is 3. The fraction of sp³-hybridized carbons (Fsp3) is 0.125. The molecular formula is C8H8ClN5S. The minimum atomic E-state index is 0.324. The van der Waals surface area contributed by atoms with Gasteiger partial charge in [0.2, 0.25) is 11.1 Å². The molecule has 0 bridgehead atoms. The van der Waals surface area contributed by atoms with Crippen LogP contribution >= 0.6 is 23.4 Å². The van der Waals surface area contributed by atoms with Gasteiger partial charge in [0.05, 0.1) is 0 Å². The van der Waals surface area contributed by atoms with E-state index in [1.165, 1.54) is 11.8 Å². The minimum absolute atomic E-state index is 0.324. The Labute approximate surface area is 95.5 Å². The molecule has 2 rings (SSSR count). The predicted octanol–water partition coefficient (Wildman–Crippen LogP) is 1.73. The zero-order chi connectivity index (χ0) is 10.7. The summed E-state index contributed by atoms with van der Waals surface area (Å²) in [6, 6.07) is 3.71. The van der Waals surface area contributed by atoms with Crippen LogP contribution in [0.3, 0.4) is 0 Å². The van der Waals surface area contributed by atoms with Crippen molar-refractivity contribution in [1.82, 2.24) is 20.2 Å². The Morgan fingerprint density at radius 3 is 3.07 bits per heavy atom. The summed E-state index contributed by atoms with van der Waals surface area (Å²) in [5.74, 6) is 1.06. The number of nitrogen functional groups attached to an aromatic ring is 1. The smallest absolute Gasteiger partial charge is 0.216 e. The van der Waals surface area contributed by atoms with Crippen LogP contribution in [0.5, 0.6) is 0 Å². The number of thioether (sulfide) groups is 1. The average molecular weight is 242 g/mol. The molecular weight excluding hydrogens is 234 g/mol. The van der Waals surface area contributed by atoms with Gasteiger partial charge in [-0.3, -0.25) is 0 Å². The summed E-state index contributed by atoms with van der Waals surface area (Å²) in [4.78, 5) is 7.87. The molecule has 3 N–H and O–H groups in total. The Bertz CT molecular complexity index is 458. The predicted molar refractivity (Wildman–Crippen MR) is 59.6 cm³/mol. The molecule has 2 heterocycles. The maximum Gasteiger partial charge on any atom is 0.216 e. The highest BCUT2D eigenvalue weighted by Crippen LogP contribution is 2.20. The molecule has 0 unspecified atom stereocenters. The molecule has 0 aromatic carbocycles. The first kappa shape index (κ1) is 10.3. The van der Waals surface area contributed by atoms with Gasteiger partial charge in [-0.15, -0.1) is 5.10 Å². The third-order valence-electron chi connectivity index (χ3n) is 1.64. The number of pyridine rings is 1. The van der Waals surface area contributed by atoms with Gasteiger partial charge in [0.15, 0.2) is 0 Å². The van der Waals surface area contributed by atoms with E-state index in [-0.39, 0.29) is 0 Å². The van der Waals surface area contributed by atoms with Gasteiger partial charge in [0, 0.05) is 11.9 Å². The molecule has 0 fully saturated rings. The van der Waals surface area contributed by atoms with E-state index in [4.69, 9.17) is 17.3 Å². The molecule has 0 amide bonds. The molecule has 0 radical (unpaired) electrons. The van der Waals surface area contributed by atoms with Crippen LogP contribution in [0.25, 0.3) is 0 Å². The van der Waals surface area contributed by atoms with Crippen molar-refractivity contribution in [2.75, 3.05) is 5.73 Å². The van der Waals surface area contributed by atoms with E-state index in [1.54, 1.807) is 6.20 Å².